The Bertz CT molecular complexity index is 476. The number of benzene rings is 1. The summed E-state index contributed by atoms with van der Waals surface area (Å²) in [5, 5.41) is 0. The number of halogens is 1. The fraction of sp³-hybridized carbons (Fsp3) is 0.462. The highest BCUT2D eigenvalue weighted by atomic mass is 19.1. The number of carbonyl (C=O) groups is 1. The van der Waals surface area contributed by atoms with Crippen LogP contribution in [0.25, 0.3) is 0 Å². The van der Waals surface area contributed by atoms with Crippen LogP contribution in [0, 0.1) is 12.7 Å². The van der Waals surface area contributed by atoms with Gasteiger partial charge in [-0.25, -0.2) is 4.39 Å². The molecule has 0 saturated carbocycles. The number of amides is 1. The predicted molar refractivity (Wildman–Crippen MR) is 66.9 cm³/mol. The Morgan fingerprint density at radius 1 is 1.56 bits per heavy atom. The fourth-order valence-corrected chi connectivity index (χ4v) is 2.14. The molecule has 0 bridgehead atoms. The van der Waals surface area contributed by atoms with Gasteiger partial charge in [-0.1, -0.05) is 0 Å². The third-order valence-corrected chi connectivity index (χ3v) is 3.14. The molecule has 1 aliphatic heterocycles. The highest BCUT2D eigenvalue weighted by molar-refractivity contribution is 5.95. The molecule has 1 atom stereocenters. The largest absolute Gasteiger partial charge is 0.399 e. The average Bonchev–Trinajstić information content (AvgIpc) is 2.33. The van der Waals surface area contributed by atoms with Gasteiger partial charge < -0.3 is 15.4 Å². The number of nitrogen functional groups attached to an aromatic ring is 1. The SMILES string of the molecule is Cc1cc(N)cc(C(=O)N2CCOC[C@H]2C)c1F. The van der Waals surface area contributed by atoms with Crippen LogP contribution in [0.4, 0.5) is 10.1 Å². The number of nitrogens with zero attached hydrogens (tertiary/aromatic N) is 1. The summed E-state index contributed by atoms with van der Waals surface area (Å²) in [5.41, 5.74) is 6.50. The second-order valence-electron chi connectivity index (χ2n) is 4.62. The molecule has 1 aromatic carbocycles. The summed E-state index contributed by atoms with van der Waals surface area (Å²) < 4.78 is 19.2. The maximum absolute atomic E-state index is 14.0. The molecule has 2 rings (SSSR count). The second-order valence-corrected chi connectivity index (χ2v) is 4.62. The molecule has 0 radical (unpaired) electrons. The lowest BCUT2D eigenvalue weighted by Crippen LogP contribution is -2.47. The summed E-state index contributed by atoms with van der Waals surface area (Å²) in [4.78, 5) is 13.9. The van der Waals surface area contributed by atoms with Crippen molar-refractivity contribution in [3.05, 3.63) is 29.1 Å². The van der Waals surface area contributed by atoms with E-state index in [4.69, 9.17) is 10.5 Å². The Morgan fingerprint density at radius 2 is 2.28 bits per heavy atom. The summed E-state index contributed by atoms with van der Waals surface area (Å²) in [5.74, 6) is -0.813. The van der Waals surface area contributed by atoms with Crippen LogP contribution in [0.3, 0.4) is 0 Å². The minimum absolute atomic E-state index is 0.0428. The third-order valence-electron chi connectivity index (χ3n) is 3.14. The number of rotatable bonds is 1. The van der Waals surface area contributed by atoms with Gasteiger partial charge in [0.1, 0.15) is 5.82 Å². The molecule has 1 fully saturated rings. The van der Waals surface area contributed by atoms with Gasteiger partial charge in [-0.2, -0.15) is 0 Å². The summed E-state index contributed by atoms with van der Waals surface area (Å²) in [6.07, 6.45) is 0. The van der Waals surface area contributed by atoms with E-state index in [9.17, 15) is 9.18 Å². The molecule has 1 heterocycles. The number of anilines is 1. The number of hydrogen-bond acceptors (Lipinski definition) is 3. The van der Waals surface area contributed by atoms with Crippen molar-refractivity contribution in [1.29, 1.82) is 0 Å². The van der Waals surface area contributed by atoms with Gasteiger partial charge in [0.2, 0.25) is 0 Å². The Balaban J connectivity index is 2.33. The molecule has 0 spiro atoms. The summed E-state index contributed by atoms with van der Waals surface area (Å²) >= 11 is 0. The highest BCUT2D eigenvalue weighted by Gasteiger charge is 2.27. The lowest BCUT2D eigenvalue weighted by atomic mass is 10.1. The lowest BCUT2D eigenvalue weighted by molar-refractivity contribution is 0.00334. The first kappa shape index (κ1) is 12.8. The van der Waals surface area contributed by atoms with Gasteiger partial charge in [-0.15, -0.1) is 0 Å². The summed E-state index contributed by atoms with van der Waals surface area (Å²) in [6.45, 7) is 4.93. The van der Waals surface area contributed by atoms with Gasteiger partial charge in [0.25, 0.3) is 5.91 Å². The molecular formula is C13H17FN2O2. The number of hydrogen-bond donors (Lipinski definition) is 1. The number of morpholine rings is 1. The Hall–Kier alpha value is -1.62. The molecule has 2 N–H and O–H groups in total. The molecule has 1 aromatic rings. The van der Waals surface area contributed by atoms with E-state index < -0.39 is 5.82 Å². The van der Waals surface area contributed by atoms with Crippen LogP contribution in [0.1, 0.15) is 22.8 Å². The zero-order chi connectivity index (χ0) is 13.3. The van der Waals surface area contributed by atoms with Gasteiger partial charge in [0.15, 0.2) is 0 Å². The Labute approximate surface area is 106 Å². The van der Waals surface area contributed by atoms with E-state index in [0.29, 0.717) is 31.0 Å². The van der Waals surface area contributed by atoms with Crippen molar-refractivity contribution < 1.29 is 13.9 Å². The van der Waals surface area contributed by atoms with E-state index in [1.807, 2.05) is 6.92 Å². The van der Waals surface area contributed by atoms with Crippen LogP contribution in [-0.4, -0.2) is 36.6 Å². The minimum Gasteiger partial charge on any atom is -0.399 e. The molecule has 5 heteroatoms. The molecule has 98 valence electrons. The van der Waals surface area contributed by atoms with Crippen LogP contribution in [0.2, 0.25) is 0 Å². The topological polar surface area (TPSA) is 55.6 Å². The normalized spacial score (nSPS) is 19.9. The quantitative estimate of drug-likeness (QED) is 0.772. The number of ether oxygens (including phenoxy) is 1. The number of aryl methyl sites for hydroxylation is 1. The maximum Gasteiger partial charge on any atom is 0.257 e. The van der Waals surface area contributed by atoms with Crippen molar-refractivity contribution >= 4 is 11.6 Å². The molecule has 0 aliphatic carbocycles. The molecule has 1 saturated heterocycles. The van der Waals surface area contributed by atoms with Crippen molar-refractivity contribution in [2.45, 2.75) is 19.9 Å². The van der Waals surface area contributed by atoms with Crippen LogP contribution in [0.5, 0.6) is 0 Å². The molecule has 1 amide bonds. The van der Waals surface area contributed by atoms with Crippen molar-refractivity contribution in [3.8, 4) is 0 Å². The fourth-order valence-electron chi connectivity index (χ4n) is 2.14. The standard InChI is InChI=1S/C13H17FN2O2/c1-8-5-10(15)6-11(12(8)14)13(17)16-3-4-18-7-9(16)2/h5-6,9H,3-4,7,15H2,1-2H3/t9-/m1/s1. The average molecular weight is 252 g/mol. The molecule has 4 nitrogen and oxygen atoms in total. The van der Waals surface area contributed by atoms with Crippen molar-refractivity contribution in [3.63, 3.8) is 0 Å². The van der Waals surface area contributed by atoms with Crippen molar-refractivity contribution in [1.82, 2.24) is 4.90 Å². The molecule has 18 heavy (non-hydrogen) atoms. The zero-order valence-corrected chi connectivity index (χ0v) is 10.6. The highest BCUT2D eigenvalue weighted by Crippen LogP contribution is 2.20. The van der Waals surface area contributed by atoms with E-state index in [0.717, 1.165) is 0 Å². The van der Waals surface area contributed by atoms with E-state index in [1.54, 1.807) is 11.8 Å². The van der Waals surface area contributed by atoms with E-state index >= 15 is 0 Å². The smallest absolute Gasteiger partial charge is 0.257 e. The lowest BCUT2D eigenvalue weighted by Gasteiger charge is -2.33. The van der Waals surface area contributed by atoms with E-state index in [2.05, 4.69) is 0 Å². The van der Waals surface area contributed by atoms with Gasteiger partial charge in [0, 0.05) is 12.2 Å². The van der Waals surface area contributed by atoms with Crippen molar-refractivity contribution in [2.75, 3.05) is 25.5 Å². The van der Waals surface area contributed by atoms with E-state index in [1.165, 1.54) is 12.1 Å². The Morgan fingerprint density at radius 3 is 2.94 bits per heavy atom. The van der Waals surface area contributed by atoms with Gasteiger partial charge in [0.05, 0.1) is 24.8 Å². The molecule has 1 aliphatic rings. The van der Waals surface area contributed by atoms with Gasteiger partial charge in [-0.3, -0.25) is 4.79 Å². The van der Waals surface area contributed by atoms with Crippen LogP contribution in [-0.2, 0) is 4.74 Å². The monoisotopic (exact) mass is 252 g/mol. The van der Waals surface area contributed by atoms with Crippen molar-refractivity contribution in [2.24, 2.45) is 0 Å². The van der Waals surface area contributed by atoms with Gasteiger partial charge in [-0.05, 0) is 31.5 Å². The first-order valence-corrected chi connectivity index (χ1v) is 5.95. The predicted octanol–water partition coefficient (Wildman–Crippen LogP) is 1.58. The summed E-state index contributed by atoms with van der Waals surface area (Å²) in [6, 6.07) is 2.87. The number of carbonyl (C=O) groups excluding carboxylic acids is 1. The Kier molecular flexibility index (Phi) is 3.52. The van der Waals surface area contributed by atoms with Crippen LogP contribution >= 0.6 is 0 Å². The van der Waals surface area contributed by atoms with Crippen LogP contribution in [0.15, 0.2) is 12.1 Å². The van der Waals surface area contributed by atoms with Gasteiger partial charge >= 0.3 is 0 Å². The minimum atomic E-state index is -0.493. The molecular weight excluding hydrogens is 235 g/mol. The molecule has 0 aromatic heterocycles. The van der Waals surface area contributed by atoms with Crippen LogP contribution < -0.4 is 5.73 Å². The third kappa shape index (κ3) is 2.31. The molecule has 0 unspecified atom stereocenters. The maximum atomic E-state index is 14.0. The second kappa shape index (κ2) is 4.94. The zero-order valence-electron chi connectivity index (χ0n) is 10.6. The van der Waals surface area contributed by atoms with E-state index in [-0.39, 0.29) is 17.5 Å². The number of nitrogens with two attached hydrogens (primary N) is 1. The summed E-state index contributed by atoms with van der Waals surface area (Å²) in [7, 11) is 0. The first-order valence-electron chi connectivity index (χ1n) is 5.95. The first-order chi connectivity index (χ1) is 8.50.